The molecule has 0 saturated heterocycles. The molecule has 0 amide bonds. The molecule has 3 aromatic carbocycles. The molecule has 1 aliphatic rings. The van der Waals surface area contributed by atoms with E-state index in [0.717, 1.165) is 83.7 Å². The Kier molecular flexibility index (Phi) is 9.78. The smallest absolute Gasteiger partial charge is 0.439 e. The standard InChI is InChI=1S/C39H44N4O5/c1-5-9-34-33(24-25-12-14-26(15-13-25)31-10-7-8-11-32(31)36-41-38(45)48-42-36)37(44)43(35(6-2)40-34)28-18-22-30(23-19-28)47-29-20-16-27(17-21-29)39(3,4)46/h7-8,10-15,18-19,22-23,27,29,46H,5-6,9,16-17,20-21,24H2,1-4H3,(H,41,42,45)/t27-,29-. The van der Waals surface area contributed by atoms with Crippen molar-refractivity contribution in [3.05, 3.63) is 116 Å². The lowest BCUT2D eigenvalue weighted by atomic mass is 9.78. The number of aliphatic hydroxyl groups is 1. The van der Waals surface area contributed by atoms with Gasteiger partial charge in [0.05, 0.1) is 23.1 Å². The van der Waals surface area contributed by atoms with Crippen molar-refractivity contribution < 1.29 is 14.4 Å². The van der Waals surface area contributed by atoms with E-state index in [-0.39, 0.29) is 11.7 Å². The summed E-state index contributed by atoms with van der Waals surface area (Å²) in [6.07, 6.45) is 6.53. The molecule has 2 N–H and O–H groups in total. The number of nitrogens with one attached hydrogen (secondary N) is 1. The van der Waals surface area contributed by atoms with E-state index in [0.29, 0.717) is 30.1 Å². The lowest BCUT2D eigenvalue weighted by Gasteiger charge is -2.35. The zero-order valence-corrected chi connectivity index (χ0v) is 28.2. The van der Waals surface area contributed by atoms with Crippen LogP contribution in [0.3, 0.4) is 0 Å². The van der Waals surface area contributed by atoms with E-state index < -0.39 is 11.4 Å². The summed E-state index contributed by atoms with van der Waals surface area (Å²) in [5, 5.41) is 14.3. The number of nitrogens with zero attached hydrogens (tertiary/aromatic N) is 3. The van der Waals surface area contributed by atoms with Gasteiger partial charge >= 0.3 is 5.76 Å². The van der Waals surface area contributed by atoms with Crippen LogP contribution in [0.5, 0.6) is 5.75 Å². The molecule has 1 aliphatic carbocycles. The van der Waals surface area contributed by atoms with Crippen molar-refractivity contribution in [1.82, 2.24) is 19.7 Å². The molecule has 0 radical (unpaired) electrons. The number of ether oxygens (including phenoxy) is 1. The first-order valence-electron chi connectivity index (χ1n) is 17.0. The van der Waals surface area contributed by atoms with Gasteiger partial charge in [-0.15, -0.1) is 0 Å². The van der Waals surface area contributed by atoms with Crippen molar-refractivity contribution in [1.29, 1.82) is 0 Å². The minimum absolute atomic E-state index is 0.0479. The first kappa shape index (κ1) is 33.2. The minimum atomic E-state index is -0.658. The van der Waals surface area contributed by atoms with Gasteiger partial charge in [0.2, 0.25) is 0 Å². The average Bonchev–Trinajstić information content (AvgIpc) is 3.53. The molecule has 1 fully saturated rings. The maximum atomic E-state index is 14.3. The lowest BCUT2D eigenvalue weighted by Crippen LogP contribution is -2.36. The highest BCUT2D eigenvalue weighted by Gasteiger charge is 2.32. The van der Waals surface area contributed by atoms with E-state index in [1.165, 1.54) is 0 Å². The number of rotatable bonds is 11. The predicted molar refractivity (Wildman–Crippen MR) is 187 cm³/mol. The molecule has 2 aromatic heterocycles. The Labute approximate surface area is 280 Å². The first-order valence-corrected chi connectivity index (χ1v) is 17.0. The van der Waals surface area contributed by atoms with Crippen LogP contribution >= 0.6 is 0 Å². The Bertz CT molecular complexity index is 1960. The van der Waals surface area contributed by atoms with Crippen molar-refractivity contribution in [2.75, 3.05) is 0 Å². The van der Waals surface area contributed by atoms with Crippen molar-refractivity contribution in [3.8, 4) is 34.0 Å². The van der Waals surface area contributed by atoms with E-state index in [9.17, 15) is 14.7 Å². The third kappa shape index (κ3) is 7.21. The summed E-state index contributed by atoms with van der Waals surface area (Å²) in [6, 6.07) is 23.6. The normalized spacial score (nSPS) is 16.6. The molecule has 2 heterocycles. The topological polar surface area (TPSA) is 123 Å². The van der Waals surface area contributed by atoms with Crippen LogP contribution in [0.25, 0.3) is 28.2 Å². The number of hydrogen-bond donors (Lipinski definition) is 2. The second-order valence-electron chi connectivity index (χ2n) is 13.3. The molecule has 0 spiro atoms. The van der Waals surface area contributed by atoms with Gasteiger partial charge in [-0.2, -0.15) is 0 Å². The molecule has 0 aliphatic heterocycles. The van der Waals surface area contributed by atoms with E-state index in [1.807, 2.05) is 93.6 Å². The summed E-state index contributed by atoms with van der Waals surface area (Å²) in [5.74, 6) is 1.59. The number of benzene rings is 3. The number of aromatic amines is 1. The number of hydrogen-bond acceptors (Lipinski definition) is 7. The summed E-state index contributed by atoms with van der Waals surface area (Å²) >= 11 is 0. The van der Waals surface area contributed by atoms with Gasteiger partial charge in [-0.05, 0) is 92.8 Å². The third-order valence-electron chi connectivity index (χ3n) is 9.47. The van der Waals surface area contributed by atoms with Crippen LogP contribution in [0.15, 0.2) is 86.9 Å². The highest BCUT2D eigenvalue weighted by molar-refractivity contribution is 5.80. The molecule has 48 heavy (non-hydrogen) atoms. The van der Waals surface area contributed by atoms with Crippen LogP contribution in [0.2, 0.25) is 0 Å². The zero-order valence-electron chi connectivity index (χ0n) is 28.2. The fourth-order valence-corrected chi connectivity index (χ4v) is 6.82. The highest BCUT2D eigenvalue weighted by Crippen LogP contribution is 2.34. The quantitative estimate of drug-likeness (QED) is 0.157. The fraction of sp³-hybridized carbons (Fsp3) is 0.385. The second kappa shape index (κ2) is 14.2. The molecular weight excluding hydrogens is 604 g/mol. The number of aromatic nitrogens is 4. The van der Waals surface area contributed by atoms with E-state index in [2.05, 4.69) is 17.1 Å². The molecule has 0 atom stereocenters. The van der Waals surface area contributed by atoms with E-state index >= 15 is 0 Å². The maximum Gasteiger partial charge on any atom is 0.439 e. The SMILES string of the molecule is CCCc1nc(CC)n(-c2ccc(O[C@H]3CC[C@H](C(C)(C)O)CC3)cc2)c(=O)c1Cc1ccc(-c2ccccc2-c2noc(=O)[nH]2)cc1. The molecule has 1 saturated carbocycles. The molecular formula is C39H44N4O5. The molecule has 5 aromatic rings. The Balaban J connectivity index is 1.25. The van der Waals surface area contributed by atoms with Crippen molar-refractivity contribution in [3.63, 3.8) is 0 Å². The second-order valence-corrected chi connectivity index (χ2v) is 13.3. The highest BCUT2D eigenvalue weighted by atomic mass is 16.5. The Morgan fingerprint density at radius 1 is 0.938 bits per heavy atom. The van der Waals surface area contributed by atoms with Gasteiger partial charge in [-0.3, -0.25) is 18.9 Å². The molecule has 9 nitrogen and oxygen atoms in total. The van der Waals surface area contributed by atoms with Crippen LogP contribution < -0.4 is 16.1 Å². The summed E-state index contributed by atoms with van der Waals surface area (Å²) < 4.78 is 12.8. The Morgan fingerprint density at radius 2 is 1.62 bits per heavy atom. The van der Waals surface area contributed by atoms with Crippen molar-refractivity contribution >= 4 is 0 Å². The summed E-state index contributed by atoms with van der Waals surface area (Å²) in [7, 11) is 0. The summed E-state index contributed by atoms with van der Waals surface area (Å²) in [4.78, 5) is 33.5. The van der Waals surface area contributed by atoms with Gasteiger partial charge in [0, 0.05) is 24.0 Å². The lowest BCUT2D eigenvalue weighted by molar-refractivity contribution is -0.0151. The Hall–Kier alpha value is -4.76. The maximum absolute atomic E-state index is 14.3. The van der Waals surface area contributed by atoms with Crippen molar-refractivity contribution in [2.24, 2.45) is 5.92 Å². The third-order valence-corrected chi connectivity index (χ3v) is 9.47. The van der Waals surface area contributed by atoms with Gasteiger partial charge in [0.25, 0.3) is 5.56 Å². The summed E-state index contributed by atoms with van der Waals surface area (Å²) in [5.41, 5.74) is 5.24. The molecule has 0 unspecified atom stereocenters. The largest absolute Gasteiger partial charge is 0.490 e. The van der Waals surface area contributed by atoms with Crippen LogP contribution in [-0.2, 0) is 19.3 Å². The molecule has 250 valence electrons. The monoisotopic (exact) mass is 648 g/mol. The van der Waals surface area contributed by atoms with Crippen LogP contribution in [0.1, 0.15) is 82.4 Å². The van der Waals surface area contributed by atoms with Gasteiger partial charge in [-0.25, -0.2) is 9.78 Å². The van der Waals surface area contributed by atoms with E-state index in [4.69, 9.17) is 14.2 Å². The fourth-order valence-electron chi connectivity index (χ4n) is 6.82. The van der Waals surface area contributed by atoms with Crippen LogP contribution in [0, 0.1) is 5.92 Å². The van der Waals surface area contributed by atoms with Crippen molar-refractivity contribution in [2.45, 2.75) is 90.8 Å². The summed E-state index contributed by atoms with van der Waals surface area (Å²) in [6.45, 7) is 7.92. The van der Waals surface area contributed by atoms with Gasteiger partial charge in [0.15, 0.2) is 5.82 Å². The van der Waals surface area contributed by atoms with Crippen LogP contribution in [0.4, 0.5) is 0 Å². The number of aryl methyl sites for hydroxylation is 2. The van der Waals surface area contributed by atoms with Gasteiger partial charge in [0.1, 0.15) is 11.6 Å². The van der Waals surface area contributed by atoms with Crippen LogP contribution in [-0.4, -0.2) is 36.5 Å². The molecule has 0 bridgehead atoms. The Morgan fingerprint density at radius 3 is 2.23 bits per heavy atom. The first-order chi connectivity index (χ1) is 23.1. The van der Waals surface area contributed by atoms with Gasteiger partial charge < -0.3 is 9.84 Å². The molecule has 6 rings (SSSR count). The predicted octanol–water partition coefficient (Wildman–Crippen LogP) is 7.06. The average molecular weight is 649 g/mol. The van der Waals surface area contributed by atoms with Gasteiger partial charge in [-0.1, -0.05) is 74.0 Å². The molecule has 9 heteroatoms. The van der Waals surface area contributed by atoms with E-state index in [1.54, 1.807) is 4.57 Å². The zero-order chi connectivity index (χ0) is 33.8. The minimum Gasteiger partial charge on any atom is -0.490 e. The number of H-pyrrole nitrogens is 1.